The van der Waals surface area contributed by atoms with Crippen LogP contribution in [-0.2, 0) is 9.59 Å². The Balaban J connectivity index is 2.64. The van der Waals surface area contributed by atoms with Gasteiger partial charge < -0.3 is 16.4 Å². The van der Waals surface area contributed by atoms with Crippen LogP contribution in [0.4, 0.5) is 10.1 Å². The summed E-state index contributed by atoms with van der Waals surface area (Å²) in [5.41, 5.74) is 5.53. The standard InChI is InChI=1S/C10H9FIN3O2S/c11-5-1-2-7(6(12)3-5)15-10(17)9(16)14-4-8(13)18/h1-3H,4H2,(H2,13,18)(H,14,16)(H,15,17). The highest BCUT2D eigenvalue weighted by molar-refractivity contribution is 14.1. The van der Waals surface area contributed by atoms with E-state index in [0.717, 1.165) is 0 Å². The van der Waals surface area contributed by atoms with E-state index < -0.39 is 17.6 Å². The van der Waals surface area contributed by atoms with Crippen molar-refractivity contribution < 1.29 is 14.0 Å². The van der Waals surface area contributed by atoms with Crippen molar-refractivity contribution in [1.82, 2.24) is 5.32 Å². The van der Waals surface area contributed by atoms with Crippen molar-refractivity contribution in [1.29, 1.82) is 0 Å². The van der Waals surface area contributed by atoms with Gasteiger partial charge in [-0.2, -0.15) is 0 Å². The van der Waals surface area contributed by atoms with Crippen LogP contribution >= 0.6 is 34.8 Å². The van der Waals surface area contributed by atoms with Crippen LogP contribution in [0, 0.1) is 9.39 Å². The molecule has 96 valence electrons. The molecule has 0 fully saturated rings. The van der Waals surface area contributed by atoms with Crippen molar-refractivity contribution in [2.45, 2.75) is 0 Å². The first-order valence-electron chi connectivity index (χ1n) is 4.72. The highest BCUT2D eigenvalue weighted by Gasteiger charge is 2.14. The number of anilines is 1. The van der Waals surface area contributed by atoms with E-state index >= 15 is 0 Å². The molecule has 0 aromatic heterocycles. The van der Waals surface area contributed by atoms with Crippen molar-refractivity contribution in [3.8, 4) is 0 Å². The van der Waals surface area contributed by atoms with E-state index in [9.17, 15) is 14.0 Å². The van der Waals surface area contributed by atoms with Crippen LogP contribution in [-0.4, -0.2) is 23.3 Å². The monoisotopic (exact) mass is 381 g/mol. The lowest BCUT2D eigenvalue weighted by atomic mass is 10.3. The Morgan fingerprint density at radius 3 is 2.61 bits per heavy atom. The molecule has 0 unspecified atom stereocenters. The summed E-state index contributed by atoms with van der Waals surface area (Å²) in [6.07, 6.45) is 0. The number of nitrogens with two attached hydrogens (primary N) is 1. The summed E-state index contributed by atoms with van der Waals surface area (Å²) in [5.74, 6) is -2.14. The fraction of sp³-hybridized carbons (Fsp3) is 0.100. The van der Waals surface area contributed by atoms with Gasteiger partial charge in [-0.25, -0.2) is 4.39 Å². The van der Waals surface area contributed by atoms with Gasteiger partial charge in [-0.05, 0) is 40.8 Å². The molecule has 4 N–H and O–H groups in total. The highest BCUT2D eigenvalue weighted by atomic mass is 127. The second kappa shape index (κ2) is 6.59. The molecule has 0 radical (unpaired) electrons. The van der Waals surface area contributed by atoms with Crippen LogP contribution in [0.2, 0.25) is 0 Å². The molecule has 0 saturated carbocycles. The van der Waals surface area contributed by atoms with E-state index in [0.29, 0.717) is 9.26 Å². The molecular formula is C10H9FIN3O2S. The largest absolute Gasteiger partial charge is 0.392 e. The third kappa shape index (κ3) is 4.53. The minimum Gasteiger partial charge on any atom is -0.392 e. The maximum atomic E-state index is 12.8. The average Bonchev–Trinajstić information content (AvgIpc) is 2.29. The molecular weight excluding hydrogens is 372 g/mol. The number of halogens is 2. The maximum Gasteiger partial charge on any atom is 0.313 e. The van der Waals surface area contributed by atoms with Gasteiger partial charge in [0.05, 0.1) is 17.2 Å². The van der Waals surface area contributed by atoms with Gasteiger partial charge in [0.15, 0.2) is 0 Å². The van der Waals surface area contributed by atoms with Crippen molar-refractivity contribution in [2.75, 3.05) is 11.9 Å². The zero-order chi connectivity index (χ0) is 13.7. The Morgan fingerprint density at radius 2 is 2.06 bits per heavy atom. The van der Waals surface area contributed by atoms with Crippen LogP contribution in [0.25, 0.3) is 0 Å². The zero-order valence-corrected chi connectivity index (χ0v) is 12.0. The SMILES string of the molecule is NC(=S)CNC(=O)C(=O)Nc1ccc(F)cc1I. The Bertz CT molecular complexity index is 510. The van der Waals surface area contributed by atoms with E-state index in [-0.39, 0.29) is 11.5 Å². The summed E-state index contributed by atoms with van der Waals surface area (Å²) < 4.78 is 13.3. The van der Waals surface area contributed by atoms with E-state index in [1.54, 1.807) is 0 Å². The lowest BCUT2D eigenvalue weighted by Crippen LogP contribution is -2.39. The van der Waals surface area contributed by atoms with Crippen molar-refractivity contribution >= 4 is 57.3 Å². The van der Waals surface area contributed by atoms with Crippen LogP contribution in [0.5, 0.6) is 0 Å². The van der Waals surface area contributed by atoms with Gasteiger partial charge in [0.25, 0.3) is 0 Å². The Hall–Kier alpha value is -1.29. The molecule has 1 rings (SSSR count). The molecule has 0 saturated heterocycles. The first-order valence-corrected chi connectivity index (χ1v) is 6.21. The topological polar surface area (TPSA) is 84.2 Å². The van der Waals surface area contributed by atoms with Gasteiger partial charge in [0, 0.05) is 3.57 Å². The molecule has 0 bridgehead atoms. The fourth-order valence-corrected chi connectivity index (χ4v) is 1.70. The molecule has 5 nitrogen and oxygen atoms in total. The molecule has 0 spiro atoms. The van der Waals surface area contributed by atoms with Crippen LogP contribution in [0.3, 0.4) is 0 Å². The second-order valence-electron chi connectivity index (χ2n) is 3.23. The van der Waals surface area contributed by atoms with Gasteiger partial charge in [0.1, 0.15) is 5.82 Å². The minimum absolute atomic E-state index is 0.0535. The summed E-state index contributed by atoms with van der Waals surface area (Å²) in [5, 5.41) is 4.59. The normalized spacial score (nSPS) is 9.67. The Labute approximate surface area is 121 Å². The number of hydrogen-bond donors (Lipinski definition) is 3. The molecule has 18 heavy (non-hydrogen) atoms. The molecule has 1 aromatic rings. The summed E-state index contributed by atoms with van der Waals surface area (Å²) in [6, 6.07) is 3.80. The summed E-state index contributed by atoms with van der Waals surface area (Å²) in [6.45, 7) is -0.0535. The number of amides is 2. The summed E-state index contributed by atoms with van der Waals surface area (Å²) in [4.78, 5) is 22.8. The number of thiocarbonyl (C=S) groups is 1. The predicted octanol–water partition coefficient (Wildman–Crippen LogP) is 0.771. The van der Waals surface area contributed by atoms with E-state index in [1.807, 2.05) is 22.6 Å². The number of carbonyl (C=O) groups is 2. The smallest absolute Gasteiger partial charge is 0.313 e. The Morgan fingerprint density at radius 1 is 1.39 bits per heavy atom. The lowest BCUT2D eigenvalue weighted by Gasteiger charge is -2.07. The third-order valence-electron chi connectivity index (χ3n) is 1.81. The first-order chi connectivity index (χ1) is 8.40. The second-order valence-corrected chi connectivity index (χ2v) is 4.91. The van der Waals surface area contributed by atoms with Crippen LogP contribution in [0.15, 0.2) is 18.2 Å². The number of hydrogen-bond acceptors (Lipinski definition) is 3. The fourth-order valence-electron chi connectivity index (χ4n) is 1.02. The molecule has 0 heterocycles. The molecule has 0 aliphatic carbocycles. The molecule has 0 aliphatic heterocycles. The molecule has 8 heteroatoms. The number of nitrogens with one attached hydrogen (secondary N) is 2. The van der Waals surface area contributed by atoms with E-state index in [1.165, 1.54) is 18.2 Å². The summed E-state index contributed by atoms with van der Waals surface area (Å²) in [7, 11) is 0. The summed E-state index contributed by atoms with van der Waals surface area (Å²) >= 11 is 6.40. The predicted molar refractivity (Wildman–Crippen MR) is 77.5 cm³/mol. The lowest BCUT2D eigenvalue weighted by molar-refractivity contribution is -0.135. The van der Waals surface area contributed by atoms with Gasteiger partial charge >= 0.3 is 11.8 Å². The van der Waals surface area contributed by atoms with Gasteiger partial charge in [0.2, 0.25) is 0 Å². The molecule has 0 aliphatic rings. The van der Waals surface area contributed by atoms with Crippen LogP contribution in [0.1, 0.15) is 0 Å². The molecule has 2 amide bonds. The van der Waals surface area contributed by atoms with Crippen LogP contribution < -0.4 is 16.4 Å². The third-order valence-corrected chi connectivity index (χ3v) is 2.85. The van der Waals surface area contributed by atoms with Crippen molar-refractivity contribution in [3.63, 3.8) is 0 Å². The van der Waals surface area contributed by atoms with Gasteiger partial charge in [-0.3, -0.25) is 9.59 Å². The zero-order valence-electron chi connectivity index (χ0n) is 9.00. The van der Waals surface area contributed by atoms with E-state index in [4.69, 9.17) is 5.73 Å². The van der Waals surface area contributed by atoms with E-state index in [2.05, 4.69) is 22.9 Å². The van der Waals surface area contributed by atoms with Gasteiger partial charge in [-0.15, -0.1) is 0 Å². The Kier molecular flexibility index (Phi) is 5.41. The van der Waals surface area contributed by atoms with Crippen molar-refractivity contribution in [2.24, 2.45) is 5.73 Å². The van der Waals surface area contributed by atoms with Crippen molar-refractivity contribution in [3.05, 3.63) is 27.6 Å². The minimum atomic E-state index is -0.865. The first kappa shape index (κ1) is 14.8. The number of carbonyl (C=O) groups excluding carboxylic acids is 2. The van der Waals surface area contributed by atoms with Gasteiger partial charge in [-0.1, -0.05) is 12.2 Å². The highest BCUT2D eigenvalue weighted by Crippen LogP contribution is 2.18. The number of rotatable bonds is 3. The number of benzene rings is 1. The quantitative estimate of drug-likeness (QED) is 0.410. The maximum absolute atomic E-state index is 12.8. The average molecular weight is 381 g/mol. The molecule has 0 atom stereocenters. The molecule has 1 aromatic carbocycles.